The van der Waals surface area contributed by atoms with E-state index in [1.807, 2.05) is 0 Å². The highest BCUT2D eigenvalue weighted by atomic mass is 16.6. The van der Waals surface area contributed by atoms with E-state index in [2.05, 4.69) is 15.0 Å². The zero-order chi connectivity index (χ0) is 17.8. The quantitative estimate of drug-likeness (QED) is 0.490. The highest BCUT2D eigenvalue weighted by Gasteiger charge is 2.25. The lowest BCUT2D eigenvalue weighted by molar-refractivity contribution is -0.384. The standard InChI is InChI=1S/C15H12N4O6/c1-22-11-8-12(23-2)18-15(17-11)25-10-5-3-4-9(19(20)21)13(10)14-16-6-7-24-14/h3-8H,1-2H3. The van der Waals surface area contributed by atoms with Crippen LogP contribution in [0.15, 0.2) is 41.1 Å². The lowest BCUT2D eigenvalue weighted by Crippen LogP contribution is -2.00. The van der Waals surface area contributed by atoms with Crippen LogP contribution in [-0.2, 0) is 0 Å². The number of ether oxygens (including phenoxy) is 3. The minimum atomic E-state index is -0.556. The molecular formula is C15H12N4O6. The van der Waals surface area contributed by atoms with Crippen LogP contribution in [-0.4, -0.2) is 34.1 Å². The van der Waals surface area contributed by atoms with E-state index in [1.165, 1.54) is 50.9 Å². The van der Waals surface area contributed by atoms with Crippen LogP contribution in [0.5, 0.6) is 23.5 Å². The summed E-state index contributed by atoms with van der Waals surface area (Å²) in [5.41, 5.74) is -0.155. The second kappa shape index (κ2) is 6.83. The smallest absolute Gasteiger partial charge is 0.328 e. The van der Waals surface area contributed by atoms with E-state index in [0.29, 0.717) is 0 Å². The molecule has 25 heavy (non-hydrogen) atoms. The number of nitro groups is 1. The van der Waals surface area contributed by atoms with Crippen molar-refractivity contribution in [1.82, 2.24) is 15.0 Å². The minimum absolute atomic E-state index is 0.0390. The normalized spacial score (nSPS) is 10.3. The Kier molecular flexibility index (Phi) is 4.42. The van der Waals surface area contributed by atoms with Crippen LogP contribution in [0.4, 0.5) is 5.69 Å². The molecule has 0 amide bonds. The molecule has 2 aromatic heterocycles. The summed E-state index contributed by atoms with van der Waals surface area (Å²) >= 11 is 0. The van der Waals surface area contributed by atoms with Gasteiger partial charge in [0, 0.05) is 6.07 Å². The maximum Gasteiger partial charge on any atom is 0.328 e. The van der Waals surface area contributed by atoms with Gasteiger partial charge in [-0.2, -0.15) is 9.97 Å². The zero-order valence-electron chi connectivity index (χ0n) is 13.2. The molecule has 0 atom stereocenters. The number of methoxy groups -OCH3 is 2. The van der Waals surface area contributed by atoms with Crippen LogP contribution in [0, 0.1) is 10.1 Å². The Morgan fingerprint density at radius 3 is 2.44 bits per heavy atom. The molecule has 0 N–H and O–H groups in total. The fourth-order valence-electron chi connectivity index (χ4n) is 2.06. The second-order valence-corrected chi connectivity index (χ2v) is 4.58. The Labute approximate surface area is 141 Å². The van der Waals surface area contributed by atoms with Crippen molar-refractivity contribution in [2.45, 2.75) is 0 Å². The molecule has 3 rings (SSSR count). The van der Waals surface area contributed by atoms with E-state index < -0.39 is 4.92 Å². The van der Waals surface area contributed by atoms with Crippen molar-refractivity contribution >= 4 is 5.69 Å². The summed E-state index contributed by atoms with van der Waals surface area (Å²) in [6, 6.07) is 5.66. The summed E-state index contributed by atoms with van der Waals surface area (Å²) in [5.74, 6) is 0.569. The van der Waals surface area contributed by atoms with Gasteiger partial charge in [0.25, 0.3) is 5.69 Å². The molecular weight excluding hydrogens is 332 g/mol. The molecule has 3 aromatic rings. The van der Waals surface area contributed by atoms with Gasteiger partial charge in [-0.3, -0.25) is 10.1 Å². The minimum Gasteiger partial charge on any atom is -0.481 e. The number of oxazole rings is 1. The number of hydrogen-bond donors (Lipinski definition) is 0. The molecule has 0 saturated heterocycles. The molecule has 0 aliphatic heterocycles. The van der Waals surface area contributed by atoms with Crippen LogP contribution in [0.1, 0.15) is 0 Å². The number of rotatable bonds is 6. The fraction of sp³-hybridized carbons (Fsp3) is 0.133. The molecule has 0 spiro atoms. The first-order chi connectivity index (χ1) is 12.1. The van der Waals surface area contributed by atoms with Crippen molar-refractivity contribution in [1.29, 1.82) is 0 Å². The summed E-state index contributed by atoms with van der Waals surface area (Å²) in [5, 5.41) is 11.3. The van der Waals surface area contributed by atoms with Crippen LogP contribution >= 0.6 is 0 Å². The molecule has 0 aliphatic rings. The molecule has 0 saturated carbocycles. The first-order valence-corrected chi connectivity index (χ1v) is 6.94. The van der Waals surface area contributed by atoms with Crippen molar-refractivity contribution in [2.75, 3.05) is 14.2 Å². The van der Waals surface area contributed by atoms with Gasteiger partial charge in [0.2, 0.25) is 17.7 Å². The Balaban J connectivity index is 2.09. The van der Waals surface area contributed by atoms with Crippen LogP contribution in [0.2, 0.25) is 0 Å². The topological polar surface area (TPSA) is 123 Å². The summed E-state index contributed by atoms with van der Waals surface area (Å²) in [7, 11) is 2.86. The lowest BCUT2D eigenvalue weighted by atomic mass is 10.1. The van der Waals surface area contributed by atoms with Crippen molar-refractivity contribution in [2.24, 2.45) is 0 Å². The van der Waals surface area contributed by atoms with Crippen molar-refractivity contribution in [3.63, 3.8) is 0 Å². The van der Waals surface area contributed by atoms with Crippen molar-refractivity contribution < 1.29 is 23.6 Å². The van der Waals surface area contributed by atoms with Crippen LogP contribution in [0.25, 0.3) is 11.5 Å². The molecule has 0 bridgehead atoms. The molecule has 10 heteroatoms. The molecule has 128 valence electrons. The number of hydrogen-bond acceptors (Lipinski definition) is 9. The first kappa shape index (κ1) is 16.2. The maximum absolute atomic E-state index is 11.3. The van der Waals surface area contributed by atoms with E-state index in [1.54, 1.807) is 0 Å². The van der Waals surface area contributed by atoms with Gasteiger partial charge in [-0.1, -0.05) is 6.07 Å². The number of benzene rings is 1. The third-order valence-corrected chi connectivity index (χ3v) is 3.13. The highest BCUT2D eigenvalue weighted by molar-refractivity contribution is 5.74. The predicted octanol–water partition coefficient (Wildman–Crippen LogP) is 2.85. The molecule has 2 heterocycles. The molecule has 0 fully saturated rings. The van der Waals surface area contributed by atoms with E-state index >= 15 is 0 Å². The average molecular weight is 344 g/mol. The molecule has 1 aromatic carbocycles. The summed E-state index contributed by atoms with van der Waals surface area (Å²) in [4.78, 5) is 22.8. The SMILES string of the molecule is COc1cc(OC)nc(Oc2cccc([N+](=O)[O-])c2-c2ncco2)n1. The molecule has 0 unspecified atom stereocenters. The number of aromatic nitrogens is 3. The second-order valence-electron chi connectivity index (χ2n) is 4.58. The Bertz CT molecular complexity index is 875. The predicted molar refractivity (Wildman–Crippen MR) is 83.8 cm³/mol. The summed E-state index contributed by atoms with van der Waals surface area (Å²) < 4.78 is 20.9. The number of nitro benzene ring substituents is 1. The first-order valence-electron chi connectivity index (χ1n) is 6.94. The van der Waals surface area contributed by atoms with Gasteiger partial charge >= 0.3 is 6.01 Å². The summed E-state index contributed by atoms with van der Waals surface area (Å²) in [6.45, 7) is 0. The Morgan fingerprint density at radius 2 is 1.88 bits per heavy atom. The van der Waals surface area contributed by atoms with E-state index in [9.17, 15) is 10.1 Å². The Morgan fingerprint density at radius 1 is 1.16 bits per heavy atom. The summed E-state index contributed by atoms with van der Waals surface area (Å²) in [6.07, 6.45) is 2.68. The van der Waals surface area contributed by atoms with E-state index in [-0.39, 0.29) is 40.7 Å². The van der Waals surface area contributed by atoms with Crippen molar-refractivity contribution in [3.05, 3.63) is 46.8 Å². The molecule has 0 radical (unpaired) electrons. The van der Waals surface area contributed by atoms with Gasteiger partial charge in [0.05, 0.1) is 31.4 Å². The molecule has 0 aliphatic carbocycles. The van der Waals surface area contributed by atoms with Gasteiger partial charge < -0.3 is 18.6 Å². The van der Waals surface area contributed by atoms with Gasteiger partial charge in [0.1, 0.15) is 6.26 Å². The van der Waals surface area contributed by atoms with Gasteiger partial charge in [-0.15, -0.1) is 0 Å². The zero-order valence-corrected chi connectivity index (χ0v) is 13.2. The largest absolute Gasteiger partial charge is 0.481 e. The third-order valence-electron chi connectivity index (χ3n) is 3.13. The third kappa shape index (κ3) is 3.32. The van der Waals surface area contributed by atoms with Crippen LogP contribution in [0.3, 0.4) is 0 Å². The van der Waals surface area contributed by atoms with E-state index in [4.69, 9.17) is 18.6 Å². The molecule has 10 nitrogen and oxygen atoms in total. The average Bonchev–Trinajstić information content (AvgIpc) is 3.15. The lowest BCUT2D eigenvalue weighted by Gasteiger charge is -2.10. The van der Waals surface area contributed by atoms with Crippen LogP contribution < -0.4 is 14.2 Å². The van der Waals surface area contributed by atoms with Gasteiger partial charge in [0.15, 0.2) is 11.3 Å². The van der Waals surface area contributed by atoms with Crippen molar-refractivity contribution in [3.8, 4) is 35.0 Å². The Hall–Kier alpha value is -3.69. The monoisotopic (exact) mass is 344 g/mol. The van der Waals surface area contributed by atoms with E-state index in [0.717, 1.165) is 0 Å². The number of nitrogens with zero attached hydrogens (tertiary/aromatic N) is 4. The van der Waals surface area contributed by atoms with Gasteiger partial charge in [-0.25, -0.2) is 4.98 Å². The fourth-order valence-corrected chi connectivity index (χ4v) is 2.06. The highest BCUT2D eigenvalue weighted by Crippen LogP contribution is 2.39. The van der Waals surface area contributed by atoms with Gasteiger partial charge in [-0.05, 0) is 6.07 Å². The maximum atomic E-state index is 11.3.